The number of halogens is 1. The van der Waals surface area contributed by atoms with Gasteiger partial charge in [0, 0.05) is 21.8 Å². The first-order chi connectivity index (χ1) is 14.3. The van der Waals surface area contributed by atoms with Gasteiger partial charge in [0.25, 0.3) is 10.0 Å². The van der Waals surface area contributed by atoms with Crippen molar-refractivity contribution in [2.75, 3.05) is 5.32 Å². The third-order valence-corrected chi connectivity index (χ3v) is 6.01. The van der Waals surface area contributed by atoms with Crippen LogP contribution >= 0.6 is 11.6 Å². The van der Waals surface area contributed by atoms with E-state index in [0.29, 0.717) is 21.8 Å². The lowest BCUT2D eigenvalue weighted by atomic mass is 9.92. The van der Waals surface area contributed by atoms with E-state index in [1.165, 1.54) is 42.5 Å². The summed E-state index contributed by atoms with van der Waals surface area (Å²) in [6.45, 7) is 0. The van der Waals surface area contributed by atoms with Gasteiger partial charge in [-0.1, -0.05) is 35.9 Å². The van der Waals surface area contributed by atoms with E-state index < -0.39 is 10.0 Å². The second-order valence-corrected chi connectivity index (χ2v) is 8.55. The van der Waals surface area contributed by atoms with Crippen LogP contribution in [0.5, 0.6) is 5.75 Å². The molecule has 0 amide bonds. The highest BCUT2D eigenvalue weighted by atomic mass is 35.5. The van der Waals surface area contributed by atoms with Gasteiger partial charge in [0.15, 0.2) is 0 Å². The monoisotopic (exact) mass is 438 g/mol. The van der Waals surface area contributed by atoms with Gasteiger partial charge in [0.1, 0.15) is 5.75 Å². The average Bonchev–Trinajstić information content (AvgIpc) is 2.73. The molecule has 0 saturated heterocycles. The van der Waals surface area contributed by atoms with Gasteiger partial charge in [-0.2, -0.15) is 12.8 Å². The molecule has 1 aliphatic carbocycles. The molecule has 0 spiro atoms. The van der Waals surface area contributed by atoms with Crippen LogP contribution in [0.3, 0.4) is 0 Å². The Labute approximate surface area is 178 Å². The van der Waals surface area contributed by atoms with Crippen molar-refractivity contribution in [3.63, 3.8) is 0 Å². The number of nitrogens with zero attached hydrogens (tertiary/aromatic N) is 1. The molecule has 3 aromatic carbocycles. The fraction of sp³-hybridized carbons (Fsp3) is 0. The number of carbonyl (C=O) groups is 1. The number of phenols is 1. The summed E-state index contributed by atoms with van der Waals surface area (Å²) in [4.78, 5) is 12.9. The van der Waals surface area contributed by atoms with Crippen LogP contribution in [0.2, 0.25) is 5.02 Å². The number of ketones is 1. The molecule has 8 heteroatoms. The predicted molar refractivity (Wildman–Crippen MR) is 116 cm³/mol. The molecular weight excluding hydrogens is 424 g/mol. The second kappa shape index (κ2) is 7.78. The maximum Gasteiger partial charge on any atom is 0.282 e. The minimum absolute atomic E-state index is 0.00442. The Morgan fingerprint density at radius 2 is 1.50 bits per heavy atom. The van der Waals surface area contributed by atoms with Gasteiger partial charge in [0.05, 0.1) is 16.3 Å². The smallest absolute Gasteiger partial charge is 0.282 e. The SMILES string of the molecule is O=C1C(Nc2ccc(O)cc2)=CC(=NS(=O)(=O)c2ccc(Cl)cc2)c2ccccc21. The summed E-state index contributed by atoms with van der Waals surface area (Å²) in [6, 6.07) is 18.5. The molecule has 0 aromatic heterocycles. The van der Waals surface area contributed by atoms with E-state index in [2.05, 4.69) is 9.71 Å². The van der Waals surface area contributed by atoms with Crippen LogP contribution < -0.4 is 5.32 Å². The van der Waals surface area contributed by atoms with E-state index in [1.807, 2.05) is 0 Å². The van der Waals surface area contributed by atoms with Gasteiger partial charge in [0.2, 0.25) is 5.78 Å². The highest BCUT2D eigenvalue weighted by Gasteiger charge is 2.26. The quantitative estimate of drug-likeness (QED) is 0.588. The summed E-state index contributed by atoms with van der Waals surface area (Å²) in [6.07, 6.45) is 1.41. The molecule has 0 atom stereocenters. The largest absolute Gasteiger partial charge is 0.508 e. The number of anilines is 1. The fourth-order valence-corrected chi connectivity index (χ4v) is 4.11. The number of hydrogen-bond acceptors (Lipinski definition) is 5. The summed E-state index contributed by atoms with van der Waals surface area (Å²) in [5.41, 5.74) is 1.64. The zero-order valence-corrected chi connectivity index (χ0v) is 17.0. The molecular formula is C22H15ClN2O4S. The number of phenolic OH excluding ortho intramolecular Hbond substituents is 1. The van der Waals surface area contributed by atoms with Gasteiger partial charge in [-0.25, -0.2) is 0 Å². The molecule has 6 nitrogen and oxygen atoms in total. The number of Topliss-reactive ketones (excluding diaryl/α,β-unsaturated/α-hetero) is 1. The molecule has 2 N–H and O–H groups in total. The van der Waals surface area contributed by atoms with Crippen LogP contribution in [0, 0.1) is 0 Å². The van der Waals surface area contributed by atoms with E-state index in [-0.39, 0.29) is 27.8 Å². The number of carbonyl (C=O) groups excluding carboxylic acids is 1. The van der Waals surface area contributed by atoms with Crippen molar-refractivity contribution in [1.29, 1.82) is 0 Å². The number of rotatable bonds is 4. The highest BCUT2D eigenvalue weighted by Crippen LogP contribution is 2.26. The van der Waals surface area contributed by atoms with E-state index in [0.717, 1.165) is 0 Å². The molecule has 30 heavy (non-hydrogen) atoms. The predicted octanol–water partition coefficient (Wildman–Crippen LogP) is 4.42. The van der Waals surface area contributed by atoms with Crippen LogP contribution in [-0.4, -0.2) is 25.0 Å². The lowest BCUT2D eigenvalue weighted by Crippen LogP contribution is -2.22. The van der Waals surface area contributed by atoms with Crippen LogP contribution in [-0.2, 0) is 10.0 Å². The van der Waals surface area contributed by atoms with Gasteiger partial charge in [-0.15, -0.1) is 0 Å². The summed E-state index contributed by atoms with van der Waals surface area (Å²) in [7, 11) is -4.03. The highest BCUT2D eigenvalue weighted by molar-refractivity contribution is 7.90. The lowest BCUT2D eigenvalue weighted by Gasteiger charge is -2.18. The molecule has 150 valence electrons. The Balaban J connectivity index is 1.80. The Morgan fingerprint density at radius 1 is 0.867 bits per heavy atom. The average molecular weight is 439 g/mol. The van der Waals surface area contributed by atoms with E-state index >= 15 is 0 Å². The minimum Gasteiger partial charge on any atom is -0.508 e. The Kier molecular flexibility index (Phi) is 5.15. The number of aromatic hydroxyl groups is 1. The standard InChI is InChI=1S/C22H15ClN2O4S/c23-14-5-11-17(12-6-14)30(28,29)25-20-13-21(24-15-7-9-16(26)10-8-15)22(27)19-4-2-1-3-18(19)20/h1-13,24,26H. The molecule has 0 bridgehead atoms. The maximum atomic E-state index is 12.9. The van der Waals surface area contributed by atoms with Gasteiger partial charge in [-0.3, -0.25) is 4.79 Å². The Hall–Kier alpha value is -3.42. The number of hydrogen-bond donors (Lipinski definition) is 2. The first kappa shape index (κ1) is 19.9. The first-order valence-electron chi connectivity index (χ1n) is 8.86. The third-order valence-electron chi connectivity index (χ3n) is 4.45. The van der Waals surface area contributed by atoms with Crippen molar-refractivity contribution in [2.45, 2.75) is 4.90 Å². The number of nitrogens with one attached hydrogen (secondary N) is 1. The van der Waals surface area contributed by atoms with Crippen molar-refractivity contribution in [3.05, 3.63) is 101 Å². The van der Waals surface area contributed by atoms with E-state index in [4.69, 9.17) is 11.6 Å². The molecule has 0 fully saturated rings. The van der Waals surface area contributed by atoms with Crippen LogP contribution in [0.4, 0.5) is 5.69 Å². The number of sulfonamides is 1. The number of fused-ring (bicyclic) bond motifs is 1. The molecule has 0 aliphatic heterocycles. The van der Waals surface area contributed by atoms with Crippen molar-refractivity contribution in [3.8, 4) is 5.75 Å². The topological polar surface area (TPSA) is 95.8 Å². The zero-order valence-electron chi connectivity index (χ0n) is 15.4. The van der Waals surface area contributed by atoms with Crippen molar-refractivity contribution < 1.29 is 18.3 Å². The molecule has 0 radical (unpaired) electrons. The summed E-state index contributed by atoms with van der Waals surface area (Å²) in [5, 5.41) is 12.8. The Morgan fingerprint density at radius 3 is 2.17 bits per heavy atom. The zero-order chi connectivity index (χ0) is 21.3. The number of benzene rings is 3. The van der Waals surface area contributed by atoms with Crippen LogP contribution in [0.15, 0.2) is 93.9 Å². The molecule has 1 aliphatic rings. The Bertz CT molecular complexity index is 1300. The van der Waals surface area contributed by atoms with Crippen LogP contribution in [0.25, 0.3) is 0 Å². The maximum absolute atomic E-state index is 12.9. The van der Waals surface area contributed by atoms with E-state index in [9.17, 15) is 18.3 Å². The van der Waals surface area contributed by atoms with Crippen molar-refractivity contribution in [1.82, 2.24) is 0 Å². The first-order valence-corrected chi connectivity index (χ1v) is 10.7. The second-order valence-electron chi connectivity index (χ2n) is 6.51. The van der Waals surface area contributed by atoms with Gasteiger partial charge < -0.3 is 10.4 Å². The minimum atomic E-state index is -4.03. The van der Waals surface area contributed by atoms with E-state index in [1.54, 1.807) is 36.4 Å². The van der Waals surface area contributed by atoms with Crippen molar-refractivity contribution >= 4 is 38.8 Å². The van der Waals surface area contributed by atoms with Crippen molar-refractivity contribution in [2.24, 2.45) is 4.40 Å². The number of allylic oxidation sites excluding steroid dienone is 2. The van der Waals surface area contributed by atoms with Crippen LogP contribution in [0.1, 0.15) is 15.9 Å². The summed E-state index contributed by atoms with van der Waals surface area (Å²) < 4.78 is 29.6. The fourth-order valence-electron chi connectivity index (χ4n) is 2.99. The van der Waals surface area contributed by atoms with Gasteiger partial charge >= 0.3 is 0 Å². The molecule has 3 aromatic rings. The summed E-state index contributed by atoms with van der Waals surface area (Å²) >= 11 is 5.84. The molecule has 0 unspecified atom stereocenters. The third kappa shape index (κ3) is 3.98. The normalized spacial score (nSPS) is 14.9. The molecule has 0 heterocycles. The van der Waals surface area contributed by atoms with Gasteiger partial charge in [-0.05, 0) is 54.6 Å². The summed E-state index contributed by atoms with van der Waals surface area (Å²) in [5.74, 6) is -0.201. The molecule has 0 saturated carbocycles. The lowest BCUT2D eigenvalue weighted by molar-refractivity contribution is 0.103. The molecule has 4 rings (SSSR count).